The van der Waals surface area contributed by atoms with Crippen LogP contribution < -0.4 is 0 Å². The third kappa shape index (κ3) is 6.76. The van der Waals surface area contributed by atoms with Crippen molar-refractivity contribution in [3.63, 3.8) is 0 Å². The summed E-state index contributed by atoms with van der Waals surface area (Å²) in [6.07, 6.45) is 7.16. The molecule has 0 bridgehead atoms. The molecule has 36 heavy (non-hydrogen) atoms. The molecule has 4 rings (SSSR count). The van der Waals surface area contributed by atoms with Crippen LogP contribution in [0.15, 0.2) is 23.8 Å². The fourth-order valence-electron chi connectivity index (χ4n) is 7.33. The van der Waals surface area contributed by atoms with Crippen LogP contribution in [0.2, 0.25) is 0 Å². The highest BCUT2D eigenvalue weighted by molar-refractivity contribution is 5.27. The van der Waals surface area contributed by atoms with Crippen molar-refractivity contribution in [1.82, 2.24) is 9.80 Å². The van der Waals surface area contributed by atoms with Crippen LogP contribution in [0.4, 0.5) is 13.2 Å². The normalized spacial score (nSPS) is 34.4. The van der Waals surface area contributed by atoms with E-state index in [-0.39, 0.29) is 12.3 Å². The van der Waals surface area contributed by atoms with Crippen LogP contribution in [0, 0.1) is 46.8 Å². The van der Waals surface area contributed by atoms with Crippen molar-refractivity contribution in [1.29, 1.82) is 5.26 Å². The number of hydrogen-bond acceptors (Lipinski definition) is 3. The molecule has 0 aromatic heterocycles. The molecule has 0 spiro atoms. The molecular weight excluding hydrogens is 459 g/mol. The van der Waals surface area contributed by atoms with Crippen LogP contribution in [0.25, 0.3) is 0 Å². The Labute approximate surface area is 216 Å². The van der Waals surface area contributed by atoms with E-state index in [0.29, 0.717) is 48.1 Å². The number of nitriles is 1. The van der Waals surface area contributed by atoms with Crippen molar-refractivity contribution in [2.45, 2.75) is 90.3 Å². The van der Waals surface area contributed by atoms with Crippen molar-refractivity contribution < 1.29 is 13.2 Å². The number of halogens is 3. The molecule has 2 saturated carbocycles. The van der Waals surface area contributed by atoms with Crippen molar-refractivity contribution in [3.8, 4) is 6.07 Å². The Morgan fingerprint density at radius 3 is 2.42 bits per heavy atom. The molecule has 202 valence electrons. The molecule has 5 atom stereocenters. The Balaban J connectivity index is 1.15. The number of piperazine rings is 1. The highest BCUT2D eigenvalue weighted by Crippen LogP contribution is 2.52. The van der Waals surface area contributed by atoms with Gasteiger partial charge in [-0.1, -0.05) is 56.4 Å². The summed E-state index contributed by atoms with van der Waals surface area (Å²) in [6.45, 7) is 13.4. The first-order chi connectivity index (χ1) is 17.2. The number of rotatable bonds is 10. The third-order valence-corrected chi connectivity index (χ3v) is 9.71. The predicted octanol–water partition coefficient (Wildman–Crippen LogP) is 7.22. The summed E-state index contributed by atoms with van der Waals surface area (Å²) in [5.41, 5.74) is 1.69. The van der Waals surface area contributed by atoms with Crippen molar-refractivity contribution in [3.05, 3.63) is 23.8 Å². The van der Waals surface area contributed by atoms with E-state index < -0.39 is 12.1 Å². The fourth-order valence-corrected chi connectivity index (χ4v) is 7.33. The molecule has 0 N–H and O–H groups in total. The molecule has 6 heteroatoms. The van der Waals surface area contributed by atoms with Crippen LogP contribution in [0.1, 0.15) is 78.1 Å². The quantitative estimate of drug-likeness (QED) is 0.294. The Hall–Kier alpha value is -1.32. The van der Waals surface area contributed by atoms with Gasteiger partial charge < -0.3 is 4.90 Å². The van der Waals surface area contributed by atoms with Crippen LogP contribution in [0.3, 0.4) is 0 Å². The number of nitrogens with zero attached hydrogens (tertiary/aromatic N) is 3. The topological polar surface area (TPSA) is 30.3 Å². The summed E-state index contributed by atoms with van der Waals surface area (Å²) in [5.74, 6) is 1.21. The number of fused-ring (bicyclic) bond motifs is 1. The van der Waals surface area contributed by atoms with Gasteiger partial charge in [-0.05, 0) is 75.7 Å². The number of alkyl halides is 3. The molecule has 1 aliphatic heterocycles. The molecular formula is C30H46F3N3. The van der Waals surface area contributed by atoms with Gasteiger partial charge in [-0.15, -0.1) is 0 Å². The predicted molar refractivity (Wildman–Crippen MR) is 139 cm³/mol. The van der Waals surface area contributed by atoms with Gasteiger partial charge in [0.2, 0.25) is 0 Å². The van der Waals surface area contributed by atoms with E-state index in [9.17, 15) is 18.4 Å². The van der Waals surface area contributed by atoms with Gasteiger partial charge in [-0.25, -0.2) is 0 Å². The molecule has 0 aromatic carbocycles. The molecule has 1 saturated heterocycles. The lowest BCUT2D eigenvalue weighted by Crippen LogP contribution is -2.54. The minimum absolute atomic E-state index is 0.0598. The minimum Gasteiger partial charge on any atom is -0.301 e. The summed E-state index contributed by atoms with van der Waals surface area (Å²) in [5, 5.41) is 9.76. The minimum atomic E-state index is -4.16. The number of unbranched alkanes of at least 4 members (excludes halogenated alkanes) is 1. The van der Waals surface area contributed by atoms with E-state index in [1.54, 1.807) is 0 Å². The first kappa shape index (κ1) is 27.7. The zero-order valence-electron chi connectivity index (χ0n) is 22.4. The Morgan fingerprint density at radius 1 is 1.14 bits per heavy atom. The lowest BCUT2D eigenvalue weighted by Gasteiger charge is -2.43. The average molecular weight is 506 g/mol. The molecule has 0 aromatic rings. The molecule has 5 unspecified atom stereocenters. The molecule has 3 fully saturated rings. The number of allylic oxidation sites excluding steroid dienone is 2. The van der Waals surface area contributed by atoms with Crippen molar-refractivity contribution in [2.75, 3.05) is 32.7 Å². The maximum atomic E-state index is 13.5. The Morgan fingerprint density at radius 2 is 1.81 bits per heavy atom. The van der Waals surface area contributed by atoms with Gasteiger partial charge in [0.25, 0.3) is 0 Å². The molecule has 0 radical (unpaired) electrons. The summed E-state index contributed by atoms with van der Waals surface area (Å²) in [4.78, 5) is 5.18. The van der Waals surface area contributed by atoms with Gasteiger partial charge in [0.15, 0.2) is 0 Å². The van der Waals surface area contributed by atoms with Crippen molar-refractivity contribution in [2.24, 2.45) is 35.5 Å². The first-order valence-corrected chi connectivity index (χ1v) is 14.5. The first-order valence-electron chi connectivity index (χ1n) is 14.5. The smallest absolute Gasteiger partial charge is 0.301 e. The van der Waals surface area contributed by atoms with Gasteiger partial charge in [0, 0.05) is 32.2 Å². The SMILES string of the molecule is C=C(CC1CCC(CCN2CCN(C3C(C#N)C(C)=CC4CC43)CC2)CC1)C(CCCC)C(F)(F)F. The second-order valence-electron chi connectivity index (χ2n) is 12.2. The Kier molecular flexibility index (Phi) is 9.26. The molecule has 0 amide bonds. The van der Waals surface area contributed by atoms with Gasteiger partial charge in [0.1, 0.15) is 0 Å². The maximum Gasteiger partial charge on any atom is 0.395 e. The van der Waals surface area contributed by atoms with E-state index in [0.717, 1.165) is 64.8 Å². The van der Waals surface area contributed by atoms with Crippen LogP contribution in [-0.4, -0.2) is 54.7 Å². The van der Waals surface area contributed by atoms with Gasteiger partial charge in [-0.3, -0.25) is 4.90 Å². The standard InChI is InChI=1S/C30H46F3N3/c1-4-5-6-28(30(31,32)33)22(3)17-24-9-7-23(8-10-24)11-12-35-13-15-36(16-14-35)29-26-19-25(26)18-21(2)27(29)20-34/h18,23-29H,3-17,19H2,1-2H3. The van der Waals surface area contributed by atoms with Gasteiger partial charge in [-0.2, -0.15) is 18.4 Å². The van der Waals surface area contributed by atoms with E-state index in [1.165, 1.54) is 18.4 Å². The summed E-state index contributed by atoms with van der Waals surface area (Å²) in [7, 11) is 0. The largest absolute Gasteiger partial charge is 0.395 e. The van der Waals surface area contributed by atoms with Gasteiger partial charge in [0.05, 0.1) is 17.9 Å². The maximum absolute atomic E-state index is 13.5. The Bertz CT molecular complexity index is 812. The van der Waals surface area contributed by atoms with E-state index in [1.807, 2.05) is 6.92 Å². The highest BCUT2D eigenvalue weighted by atomic mass is 19.4. The third-order valence-electron chi connectivity index (χ3n) is 9.71. The second-order valence-corrected chi connectivity index (χ2v) is 12.2. The molecule has 3 nitrogen and oxygen atoms in total. The lowest BCUT2D eigenvalue weighted by atomic mass is 9.76. The zero-order valence-corrected chi connectivity index (χ0v) is 22.4. The zero-order chi connectivity index (χ0) is 25.9. The second kappa shape index (κ2) is 12.0. The highest BCUT2D eigenvalue weighted by Gasteiger charge is 2.51. The van der Waals surface area contributed by atoms with Crippen LogP contribution >= 0.6 is 0 Å². The molecule has 4 aliphatic rings. The molecule has 1 heterocycles. The van der Waals surface area contributed by atoms with Crippen LogP contribution in [0.5, 0.6) is 0 Å². The summed E-state index contributed by atoms with van der Waals surface area (Å²) >= 11 is 0. The summed E-state index contributed by atoms with van der Waals surface area (Å²) < 4.78 is 40.5. The average Bonchev–Trinajstić information content (AvgIpc) is 3.61. The van der Waals surface area contributed by atoms with E-state index in [4.69, 9.17) is 0 Å². The number of hydrogen-bond donors (Lipinski definition) is 0. The summed E-state index contributed by atoms with van der Waals surface area (Å²) in [6, 6.07) is 3.00. The van der Waals surface area contributed by atoms with Crippen LogP contribution in [-0.2, 0) is 0 Å². The molecule has 3 aliphatic carbocycles. The van der Waals surface area contributed by atoms with Gasteiger partial charge >= 0.3 is 6.18 Å². The van der Waals surface area contributed by atoms with E-state index in [2.05, 4.69) is 35.4 Å². The monoisotopic (exact) mass is 505 g/mol. The van der Waals surface area contributed by atoms with Crippen molar-refractivity contribution >= 4 is 0 Å². The van der Waals surface area contributed by atoms with E-state index >= 15 is 0 Å². The fraction of sp³-hybridized carbons (Fsp3) is 0.833. The lowest BCUT2D eigenvalue weighted by molar-refractivity contribution is -0.166.